The fourth-order valence-corrected chi connectivity index (χ4v) is 1.81. The largest absolute Gasteiger partial charge is 0.481 e. The molecule has 1 aromatic heterocycles. The molecular formula is C11H8BrFN2O2. The highest BCUT2D eigenvalue weighted by atomic mass is 79.9. The number of H-pyrrole nitrogens is 1. The number of carbonyl (C=O) groups is 1. The number of carboxylic acid groups (broad SMARTS) is 1. The van der Waals surface area contributed by atoms with Crippen LogP contribution in [0.5, 0.6) is 0 Å². The standard InChI is InChI=1S/C11H8BrFN2O2/c12-6-1-2-9(13)8(3-6)10-4-7(14-15-10)5-11(16)17/h1-4H,5H2,(H,14,15)(H,16,17). The number of halogens is 2. The molecule has 0 saturated carbocycles. The highest BCUT2D eigenvalue weighted by Gasteiger charge is 2.11. The van der Waals surface area contributed by atoms with Crippen molar-refractivity contribution in [2.75, 3.05) is 0 Å². The molecule has 2 rings (SSSR count). The molecule has 0 unspecified atom stereocenters. The van der Waals surface area contributed by atoms with Crippen LogP contribution in [0, 0.1) is 5.82 Å². The number of carboxylic acids is 1. The quantitative estimate of drug-likeness (QED) is 0.915. The predicted molar refractivity (Wildman–Crippen MR) is 63.0 cm³/mol. The van der Waals surface area contributed by atoms with E-state index in [0.29, 0.717) is 17.0 Å². The minimum atomic E-state index is -0.963. The lowest BCUT2D eigenvalue weighted by atomic mass is 10.1. The van der Waals surface area contributed by atoms with Gasteiger partial charge in [-0.1, -0.05) is 15.9 Å². The van der Waals surface area contributed by atoms with Crippen molar-refractivity contribution in [1.82, 2.24) is 10.2 Å². The molecule has 0 amide bonds. The van der Waals surface area contributed by atoms with Crippen molar-refractivity contribution >= 4 is 21.9 Å². The van der Waals surface area contributed by atoms with E-state index in [1.807, 2.05) is 0 Å². The van der Waals surface area contributed by atoms with Crippen molar-refractivity contribution in [3.63, 3.8) is 0 Å². The first-order valence-corrected chi connectivity index (χ1v) is 5.57. The van der Waals surface area contributed by atoms with Crippen LogP contribution in [0.4, 0.5) is 4.39 Å². The number of rotatable bonds is 3. The fourth-order valence-electron chi connectivity index (χ4n) is 1.45. The van der Waals surface area contributed by atoms with Gasteiger partial charge in [0.1, 0.15) is 5.82 Å². The van der Waals surface area contributed by atoms with E-state index < -0.39 is 11.8 Å². The van der Waals surface area contributed by atoms with Crippen LogP contribution in [0.25, 0.3) is 11.3 Å². The number of nitrogens with one attached hydrogen (secondary N) is 1. The van der Waals surface area contributed by atoms with Crippen molar-refractivity contribution in [3.05, 3.63) is 40.2 Å². The molecule has 88 valence electrons. The Bertz CT molecular complexity index is 568. The van der Waals surface area contributed by atoms with Crippen molar-refractivity contribution in [2.45, 2.75) is 6.42 Å². The third kappa shape index (κ3) is 2.71. The molecular weight excluding hydrogens is 291 g/mol. The van der Waals surface area contributed by atoms with Crippen LogP contribution in [-0.2, 0) is 11.2 Å². The Morgan fingerprint density at radius 3 is 2.94 bits per heavy atom. The maximum atomic E-state index is 13.5. The van der Waals surface area contributed by atoms with Gasteiger partial charge in [0.25, 0.3) is 0 Å². The van der Waals surface area contributed by atoms with Crippen molar-refractivity contribution in [2.24, 2.45) is 0 Å². The first-order valence-electron chi connectivity index (χ1n) is 4.78. The summed E-state index contributed by atoms with van der Waals surface area (Å²) < 4.78 is 14.3. The summed E-state index contributed by atoms with van der Waals surface area (Å²) in [6, 6.07) is 6.03. The molecule has 0 aliphatic rings. The number of aromatic amines is 1. The van der Waals surface area contributed by atoms with E-state index >= 15 is 0 Å². The third-order valence-corrected chi connectivity index (χ3v) is 2.67. The van der Waals surface area contributed by atoms with Gasteiger partial charge in [0.2, 0.25) is 0 Å². The summed E-state index contributed by atoms with van der Waals surface area (Å²) in [5.74, 6) is -1.36. The molecule has 0 spiro atoms. The molecule has 0 radical (unpaired) electrons. The molecule has 0 aliphatic heterocycles. The van der Waals surface area contributed by atoms with Gasteiger partial charge in [-0.3, -0.25) is 9.89 Å². The zero-order chi connectivity index (χ0) is 12.4. The van der Waals surface area contributed by atoms with Crippen LogP contribution in [0.2, 0.25) is 0 Å². The summed E-state index contributed by atoms with van der Waals surface area (Å²) in [7, 11) is 0. The Morgan fingerprint density at radius 2 is 2.24 bits per heavy atom. The topological polar surface area (TPSA) is 66.0 Å². The average molecular weight is 299 g/mol. The summed E-state index contributed by atoms with van der Waals surface area (Å²) in [6.45, 7) is 0. The van der Waals surface area contributed by atoms with Crippen LogP contribution in [0.15, 0.2) is 28.7 Å². The maximum absolute atomic E-state index is 13.5. The molecule has 0 atom stereocenters. The second-order valence-electron chi connectivity index (χ2n) is 3.47. The van der Waals surface area contributed by atoms with E-state index in [0.717, 1.165) is 4.47 Å². The first-order chi connectivity index (χ1) is 8.06. The van der Waals surface area contributed by atoms with Crippen molar-refractivity contribution in [1.29, 1.82) is 0 Å². The van der Waals surface area contributed by atoms with Gasteiger partial charge in [-0.05, 0) is 24.3 Å². The summed E-state index contributed by atoms with van der Waals surface area (Å²) in [4.78, 5) is 10.5. The first kappa shape index (κ1) is 11.8. The zero-order valence-electron chi connectivity index (χ0n) is 8.58. The number of aromatic nitrogens is 2. The maximum Gasteiger partial charge on any atom is 0.309 e. The molecule has 17 heavy (non-hydrogen) atoms. The molecule has 1 heterocycles. The van der Waals surface area contributed by atoms with E-state index in [2.05, 4.69) is 26.1 Å². The fraction of sp³-hybridized carbons (Fsp3) is 0.0909. The van der Waals surface area contributed by atoms with E-state index in [1.54, 1.807) is 12.1 Å². The van der Waals surface area contributed by atoms with Crippen LogP contribution < -0.4 is 0 Å². The van der Waals surface area contributed by atoms with Gasteiger partial charge in [-0.2, -0.15) is 5.10 Å². The van der Waals surface area contributed by atoms with Gasteiger partial charge in [-0.25, -0.2) is 4.39 Å². The number of benzene rings is 1. The molecule has 2 N–H and O–H groups in total. The van der Waals surface area contributed by atoms with Crippen LogP contribution >= 0.6 is 15.9 Å². The monoisotopic (exact) mass is 298 g/mol. The highest BCUT2D eigenvalue weighted by molar-refractivity contribution is 9.10. The Hall–Kier alpha value is -1.69. The second kappa shape index (κ2) is 4.67. The Morgan fingerprint density at radius 1 is 1.47 bits per heavy atom. The van der Waals surface area contributed by atoms with Gasteiger partial charge in [0, 0.05) is 15.7 Å². The second-order valence-corrected chi connectivity index (χ2v) is 4.39. The zero-order valence-corrected chi connectivity index (χ0v) is 10.2. The van der Waals surface area contributed by atoms with Crippen LogP contribution in [0.3, 0.4) is 0 Å². The van der Waals surface area contributed by atoms with Gasteiger partial charge >= 0.3 is 5.97 Å². The summed E-state index contributed by atoms with van der Waals surface area (Å²) >= 11 is 3.24. The van der Waals surface area contributed by atoms with Crippen molar-refractivity contribution < 1.29 is 14.3 Å². The molecule has 1 aromatic carbocycles. The normalized spacial score (nSPS) is 10.5. The Balaban J connectivity index is 2.36. The van der Waals surface area contributed by atoms with E-state index in [4.69, 9.17) is 5.11 Å². The predicted octanol–water partition coefficient (Wildman–Crippen LogP) is 2.61. The molecule has 6 heteroatoms. The number of aliphatic carboxylic acids is 1. The molecule has 0 saturated heterocycles. The minimum absolute atomic E-state index is 0.164. The van der Waals surface area contributed by atoms with Gasteiger partial charge in [0.05, 0.1) is 12.1 Å². The van der Waals surface area contributed by atoms with E-state index in [9.17, 15) is 9.18 Å². The summed E-state index contributed by atoms with van der Waals surface area (Å²) in [5.41, 5.74) is 1.15. The van der Waals surface area contributed by atoms with Gasteiger partial charge in [-0.15, -0.1) is 0 Å². The smallest absolute Gasteiger partial charge is 0.309 e. The van der Waals surface area contributed by atoms with Crippen molar-refractivity contribution in [3.8, 4) is 11.3 Å². The van der Waals surface area contributed by atoms with E-state index in [1.165, 1.54) is 12.1 Å². The third-order valence-electron chi connectivity index (χ3n) is 2.18. The van der Waals surface area contributed by atoms with Crippen LogP contribution in [-0.4, -0.2) is 21.3 Å². The number of nitrogens with zero attached hydrogens (tertiary/aromatic N) is 1. The lowest BCUT2D eigenvalue weighted by Crippen LogP contribution is -1.99. The molecule has 0 bridgehead atoms. The molecule has 0 aliphatic carbocycles. The Kier molecular flexibility index (Phi) is 3.23. The number of hydrogen-bond donors (Lipinski definition) is 2. The molecule has 2 aromatic rings. The van der Waals surface area contributed by atoms with Crippen LogP contribution in [0.1, 0.15) is 5.69 Å². The summed E-state index contributed by atoms with van der Waals surface area (Å²) in [6.07, 6.45) is -0.164. The van der Waals surface area contributed by atoms with Gasteiger partial charge < -0.3 is 5.11 Å². The highest BCUT2D eigenvalue weighted by Crippen LogP contribution is 2.25. The molecule has 4 nitrogen and oxygen atoms in total. The van der Waals surface area contributed by atoms with Gasteiger partial charge in [0.15, 0.2) is 0 Å². The molecule has 0 fully saturated rings. The Labute approximate surface area is 105 Å². The minimum Gasteiger partial charge on any atom is -0.481 e. The lowest BCUT2D eigenvalue weighted by Gasteiger charge is -1.99. The average Bonchev–Trinajstić information content (AvgIpc) is 2.69. The SMILES string of the molecule is O=C(O)Cc1cc(-c2cc(Br)ccc2F)n[nH]1. The number of hydrogen-bond acceptors (Lipinski definition) is 2. The lowest BCUT2D eigenvalue weighted by molar-refractivity contribution is -0.136. The van der Waals surface area contributed by atoms with E-state index in [-0.39, 0.29) is 6.42 Å². The summed E-state index contributed by atoms with van der Waals surface area (Å²) in [5, 5.41) is 15.1.